The molecular formula is C12H20N2OS. The van der Waals surface area contributed by atoms with Gasteiger partial charge in [0.25, 0.3) is 0 Å². The van der Waals surface area contributed by atoms with Gasteiger partial charge in [-0.3, -0.25) is 4.79 Å². The van der Waals surface area contributed by atoms with Gasteiger partial charge in [-0.25, -0.2) is 0 Å². The van der Waals surface area contributed by atoms with Crippen LogP contribution in [0.4, 0.5) is 0 Å². The summed E-state index contributed by atoms with van der Waals surface area (Å²) in [6, 6.07) is 2.10. The summed E-state index contributed by atoms with van der Waals surface area (Å²) in [5.41, 5.74) is 1.29. The molecule has 0 aliphatic heterocycles. The Bertz CT molecular complexity index is 294. The Morgan fingerprint density at radius 1 is 1.44 bits per heavy atom. The van der Waals surface area contributed by atoms with Gasteiger partial charge >= 0.3 is 0 Å². The zero-order chi connectivity index (χ0) is 11.8. The highest BCUT2D eigenvalue weighted by Crippen LogP contribution is 2.04. The smallest absolute Gasteiger partial charge is 0.223 e. The Kier molecular flexibility index (Phi) is 6.11. The van der Waals surface area contributed by atoms with Crippen molar-refractivity contribution in [3.05, 3.63) is 22.4 Å². The fourth-order valence-corrected chi connectivity index (χ4v) is 2.22. The standard InChI is InChI=1S/C12H20N2OS/c1-3-14(4-2)12(15)5-7-13-9-11-6-8-16-10-11/h6,8,10,13H,3-5,7,9H2,1-2H3. The molecule has 1 aromatic rings. The normalized spacial score (nSPS) is 10.4. The highest BCUT2D eigenvalue weighted by atomic mass is 32.1. The van der Waals surface area contributed by atoms with E-state index < -0.39 is 0 Å². The number of nitrogens with one attached hydrogen (secondary N) is 1. The number of hydrogen-bond acceptors (Lipinski definition) is 3. The third-order valence-corrected chi connectivity index (χ3v) is 3.27. The maximum absolute atomic E-state index is 11.7. The van der Waals surface area contributed by atoms with Crippen molar-refractivity contribution in [2.24, 2.45) is 0 Å². The molecule has 90 valence electrons. The highest BCUT2D eigenvalue weighted by Gasteiger charge is 2.07. The molecular weight excluding hydrogens is 220 g/mol. The van der Waals surface area contributed by atoms with Gasteiger partial charge in [-0.2, -0.15) is 11.3 Å². The summed E-state index contributed by atoms with van der Waals surface area (Å²) < 4.78 is 0. The van der Waals surface area contributed by atoms with E-state index in [1.54, 1.807) is 11.3 Å². The van der Waals surface area contributed by atoms with Crippen LogP contribution in [0.15, 0.2) is 16.8 Å². The summed E-state index contributed by atoms with van der Waals surface area (Å²) in [5, 5.41) is 7.47. The van der Waals surface area contributed by atoms with Gasteiger partial charge in [0, 0.05) is 32.6 Å². The molecule has 0 spiro atoms. The van der Waals surface area contributed by atoms with Gasteiger partial charge in [0.2, 0.25) is 5.91 Å². The van der Waals surface area contributed by atoms with Crippen LogP contribution in [-0.4, -0.2) is 30.4 Å². The van der Waals surface area contributed by atoms with Crippen molar-refractivity contribution in [3.8, 4) is 0 Å². The lowest BCUT2D eigenvalue weighted by atomic mass is 10.3. The second-order valence-electron chi connectivity index (χ2n) is 3.62. The van der Waals surface area contributed by atoms with E-state index >= 15 is 0 Å². The largest absolute Gasteiger partial charge is 0.343 e. The predicted molar refractivity (Wildman–Crippen MR) is 68.6 cm³/mol. The minimum absolute atomic E-state index is 0.239. The summed E-state index contributed by atoms with van der Waals surface area (Å²) >= 11 is 1.70. The maximum atomic E-state index is 11.7. The second kappa shape index (κ2) is 7.41. The average molecular weight is 240 g/mol. The molecule has 0 saturated carbocycles. The Morgan fingerprint density at radius 2 is 2.19 bits per heavy atom. The quantitative estimate of drug-likeness (QED) is 0.740. The third-order valence-electron chi connectivity index (χ3n) is 2.54. The number of amides is 1. The SMILES string of the molecule is CCN(CC)C(=O)CCNCc1ccsc1. The van der Waals surface area contributed by atoms with Crippen molar-refractivity contribution >= 4 is 17.2 Å². The Labute approximate surface area is 101 Å². The molecule has 0 bridgehead atoms. The summed E-state index contributed by atoms with van der Waals surface area (Å²) in [7, 11) is 0. The van der Waals surface area contributed by atoms with Crippen molar-refractivity contribution in [2.45, 2.75) is 26.8 Å². The second-order valence-corrected chi connectivity index (χ2v) is 4.40. The third kappa shape index (κ3) is 4.33. The zero-order valence-electron chi connectivity index (χ0n) is 10.0. The van der Waals surface area contributed by atoms with Gasteiger partial charge in [-0.15, -0.1) is 0 Å². The maximum Gasteiger partial charge on any atom is 0.223 e. The summed E-state index contributed by atoms with van der Waals surface area (Å²) in [5.74, 6) is 0.239. The summed E-state index contributed by atoms with van der Waals surface area (Å²) in [6.07, 6.45) is 0.589. The number of hydrogen-bond donors (Lipinski definition) is 1. The van der Waals surface area contributed by atoms with Crippen LogP contribution in [0.5, 0.6) is 0 Å². The van der Waals surface area contributed by atoms with Crippen LogP contribution in [0.25, 0.3) is 0 Å². The molecule has 0 aliphatic carbocycles. The van der Waals surface area contributed by atoms with Crippen molar-refractivity contribution in [2.75, 3.05) is 19.6 Å². The highest BCUT2D eigenvalue weighted by molar-refractivity contribution is 7.07. The van der Waals surface area contributed by atoms with Gasteiger partial charge < -0.3 is 10.2 Å². The van der Waals surface area contributed by atoms with Gasteiger partial charge in [-0.1, -0.05) is 0 Å². The van der Waals surface area contributed by atoms with Gasteiger partial charge in [0.1, 0.15) is 0 Å². The minimum atomic E-state index is 0.239. The topological polar surface area (TPSA) is 32.3 Å². The van der Waals surface area contributed by atoms with E-state index in [0.29, 0.717) is 6.42 Å². The number of nitrogens with zero attached hydrogens (tertiary/aromatic N) is 1. The lowest BCUT2D eigenvalue weighted by molar-refractivity contribution is -0.130. The van der Waals surface area contributed by atoms with Crippen LogP contribution >= 0.6 is 11.3 Å². The number of thiophene rings is 1. The van der Waals surface area contributed by atoms with Gasteiger partial charge in [0.05, 0.1) is 0 Å². The van der Waals surface area contributed by atoms with E-state index in [1.807, 2.05) is 18.7 Å². The molecule has 1 rings (SSSR count). The number of rotatable bonds is 7. The molecule has 0 aliphatic rings. The number of carbonyl (C=O) groups excluding carboxylic acids is 1. The van der Waals surface area contributed by atoms with E-state index in [2.05, 4.69) is 22.1 Å². The van der Waals surface area contributed by atoms with Gasteiger partial charge in [-0.05, 0) is 36.2 Å². The van der Waals surface area contributed by atoms with E-state index in [4.69, 9.17) is 0 Å². The molecule has 0 atom stereocenters. The van der Waals surface area contributed by atoms with Crippen molar-refractivity contribution in [1.82, 2.24) is 10.2 Å². The molecule has 1 N–H and O–H groups in total. The van der Waals surface area contributed by atoms with Gasteiger partial charge in [0.15, 0.2) is 0 Å². The number of carbonyl (C=O) groups is 1. The lowest BCUT2D eigenvalue weighted by Crippen LogP contribution is -2.32. The van der Waals surface area contributed by atoms with Crippen LogP contribution < -0.4 is 5.32 Å². The van der Waals surface area contributed by atoms with Crippen LogP contribution in [0.1, 0.15) is 25.8 Å². The van der Waals surface area contributed by atoms with Crippen LogP contribution in [0, 0.1) is 0 Å². The molecule has 1 heterocycles. The van der Waals surface area contributed by atoms with Crippen LogP contribution in [-0.2, 0) is 11.3 Å². The summed E-state index contributed by atoms with van der Waals surface area (Å²) in [4.78, 5) is 13.5. The molecule has 3 nitrogen and oxygen atoms in total. The molecule has 1 amide bonds. The fraction of sp³-hybridized carbons (Fsp3) is 0.583. The molecule has 16 heavy (non-hydrogen) atoms. The minimum Gasteiger partial charge on any atom is -0.343 e. The Balaban J connectivity index is 2.13. The summed E-state index contributed by atoms with van der Waals surface area (Å²) in [6.45, 7) is 7.25. The Morgan fingerprint density at radius 3 is 2.75 bits per heavy atom. The molecule has 0 aromatic carbocycles. The van der Waals surface area contributed by atoms with Crippen molar-refractivity contribution < 1.29 is 4.79 Å². The fourth-order valence-electron chi connectivity index (χ4n) is 1.56. The predicted octanol–water partition coefficient (Wildman–Crippen LogP) is 2.10. The zero-order valence-corrected chi connectivity index (χ0v) is 10.8. The average Bonchev–Trinajstić information content (AvgIpc) is 2.79. The lowest BCUT2D eigenvalue weighted by Gasteiger charge is -2.18. The van der Waals surface area contributed by atoms with E-state index in [1.165, 1.54) is 5.56 Å². The first kappa shape index (κ1) is 13.2. The first-order valence-electron chi connectivity index (χ1n) is 5.77. The van der Waals surface area contributed by atoms with E-state index in [0.717, 1.165) is 26.2 Å². The molecule has 0 fully saturated rings. The van der Waals surface area contributed by atoms with Crippen molar-refractivity contribution in [3.63, 3.8) is 0 Å². The van der Waals surface area contributed by atoms with Crippen LogP contribution in [0.3, 0.4) is 0 Å². The monoisotopic (exact) mass is 240 g/mol. The molecule has 0 unspecified atom stereocenters. The first-order chi connectivity index (χ1) is 7.77. The molecule has 0 saturated heterocycles. The van der Waals surface area contributed by atoms with E-state index in [-0.39, 0.29) is 5.91 Å². The van der Waals surface area contributed by atoms with Crippen LogP contribution in [0.2, 0.25) is 0 Å². The molecule has 4 heteroatoms. The van der Waals surface area contributed by atoms with Crippen molar-refractivity contribution in [1.29, 1.82) is 0 Å². The molecule has 0 radical (unpaired) electrons. The first-order valence-corrected chi connectivity index (χ1v) is 6.71. The van der Waals surface area contributed by atoms with E-state index in [9.17, 15) is 4.79 Å². The Hall–Kier alpha value is -0.870. The molecule has 1 aromatic heterocycles.